The van der Waals surface area contributed by atoms with E-state index in [9.17, 15) is 4.79 Å². The van der Waals surface area contributed by atoms with E-state index in [2.05, 4.69) is 18.0 Å². The number of benzene rings is 1. The lowest BCUT2D eigenvalue weighted by Crippen LogP contribution is -2.10. The topological polar surface area (TPSA) is 32.9 Å². The maximum atomic E-state index is 12.1. The summed E-state index contributed by atoms with van der Waals surface area (Å²) in [6.45, 7) is 5.98. The molecule has 0 saturated heterocycles. The summed E-state index contributed by atoms with van der Waals surface area (Å²) in [5.41, 5.74) is 4.20. The summed E-state index contributed by atoms with van der Waals surface area (Å²) in [5.74, 6) is 0. The molecule has 0 atom stereocenters. The minimum absolute atomic E-state index is 0.157. The van der Waals surface area contributed by atoms with E-state index in [-0.39, 0.29) is 5.43 Å². The largest absolute Gasteiger partial charge is 0.358 e. The van der Waals surface area contributed by atoms with Crippen molar-refractivity contribution < 1.29 is 0 Å². The third-order valence-electron chi connectivity index (χ3n) is 3.13. The van der Waals surface area contributed by atoms with Gasteiger partial charge in [0.05, 0.1) is 5.52 Å². The number of nitrogens with one attached hydrogen (secondary N) is 1. The highest BCUT2D eigenvalue weighted by molar-refractivity contribution is 5.82. The van der Waals surface area contributed by atoms with Crippen LogP contribution in [0.25, 0.3) is 10.9 Å². The molecule has 1 aromatic heterocycles. The lowest BCUT2D eigenvalue weighted by atomic mass is 10.0. The molecule has 2 aromatic rings. The molecule has 0 aliphatic rings. The Hall–Kier alpha value is -1.57. The molecule has 84 valence electrons. The standard InChI is InChI=1S/C14H17NO/c1-4-6-11-7-5-8-12-13(11)15-10(3)9(2)14(12)16/h5,7-8H,4,6H2,1-3H3,(H,15,16). The average molecular weight is 215 g/mol. The first-order chi connectivity index (χ1) is 7.65. The van der Waals surface area contributed by atoms with Crippen LogP contribution in [-0.2, 0) is 6.42 Å². The Morgan fingerprint density at radius 2 is 2.00 bits per heavy atom. The number of pyridine rings is 1. The van der Waals surface area contributed by atoms with Crippen LogP contribution in [0.5, 0.6) is 0 Å². The van der Waals surface area contributed by atoms with Crippen molar-refractivity contribution >= 4 is 10.9 Å². The van der Waals surface area contributed by atoms with Crippen LogP contribution >= 0.6 is 0 Å². The molecular weight excluding hydrogens is 198 g/mol. The molecule has 2 rings (SSSR count). The first-order valence-electron chi connectivity index (χ1n) is 5.76. The van der Waals surface area contributed by atoms with Crippen molar-refractivity contribution in [2.45, 2.75) is 33.6 Å². The molecule has 1 N–H and O–H groups in total. The minimum Gasteiger partial charge on any atom is -0.358 e. The van der Waals surface area contributed by atoms with Crippen molar-refractivity contribution in [3.05, 3.63) is 45.2 Å². The Morgan fingerprint density at radius 3 is 2.69 bits per heavy atom. The highest BCUT2D eigenvalue weighted by atomic mass is 16.1. The Bertz CT molecular complexity index is 581. The first kappa shape index (κ1) is 10.9. The van der Waals surface area contributed by atoms with Crippen LogP contribution in [0.1, 0.15) is 30.2 Å². The quantitative estimate of drug-likeness (QED) is 0.820. The number of hydrogen-bond acceptors (Lipinski definition) is 1. The lowest BCUT2D eigenvalue weighted by molar-refractivity contribution is 0.925. The van der Waals surface area contributed by atoms with Crippen LogP contribution in [0.15, 0.2) is 23.0 Å². The monoisotopic (exact) mass is 215 g/mol. The second kappa shape index (κ2) is 4.12. The van der Waals surface area contributed by atoms with Gasteiger partial charge in [-0.15, -0.1) is 0 Å². The Labute approximate surface area is 95.3 Å². The SMILES string of the molecule is CCCc1cccc2c(=O)c(C)c(C)[nH]c12. The number of aryl methyl sites for hydroxylation is 2. The van der Waals surface area contributed by atoms with Gasteiger partial charge in [-0.2, -0.15) is 0 Å². The van der Waals surface area contributed by atoms with Crippen molar-refractivity contribution in [3.63, 3.8) is 0 Å². The van der Waals surface area contributed by atoms with E-state index in [1.807, 2.05) is 26.0 Å². The molecule has 0 aliphatic heterocycles. The van der Waals surface area contributed by atoms with Crippen molar-refractivity contribution in [3.8, 4) is 0 Å². The van der Waals surface area contributed by atoms with Gasteiger partial charge in [-0.3, -0.25) is 4.79 Å². The molecule has 16 heavy (non-hydrogen) atoms. The zero-order valence-electron chi connectivity index (χ0n) is 10.1. The number of aromatic nitrogens is 1. The molecule has 0 radical (unpaired) electrons. The maximum Gasteiger partial charge on any atom is 0.192 e. The summed E-state index contributed by atoms with van der Waals surface area (Å²) in [7, 11) is 0. The number of rotatable bonds is 2. The minimum atomic E-state index is 0.157. The molecule has 0 unspecified atom stereocenters. The molecule has 0 saturated carbocycles. The van der Waals surface area contributed by atoms with Gasteiger partial charge in [0.2, 0.25) is 0 Å². The third-order valence-corrected chi connectivity index (χ3v) is 3.13. The van der Waals surface area contributed by atoms with E-state index in [1.165, 1.54) is 5.56 Å². The van der Waals surface area contributed by atoms with Gasteiger partial charge in [0.25, 0.3) is 0 Å². The highest BCUT2D eigenvalue weighted by Crippen LogP contribution is 2.17. The second-order valence-corrected chi connectivity index (χ2v) is 4.29. The van der Waals surface area contributed by atoms with Gasteiger partial charge in [-0.1, -0.05) is 25.5 Å². The van der Waals surface area contributed by atoms with Crippen molar-refractivity contribution in [2.24, 2.45) is 0 Å². The van der Waals surface area contributed by atoms with Crippen LogP contribution in [0.4, 0.5) is 0 Å². The van der Waals surface area contributed by atoms with Gasteiger partial charge >= 0.3 is 0 Å². The molecule has 0 bridgehead atoms. The molecule has 0 fully saturated rings. The third kappa shape index (κ3) is 1.64. The van der Waals surface area contributed by atoms with Gasteiger partial charge < -0.3 is 4.98 Å². The molecule has 0 aliphatic carbocycles. The zero-order valence-corrected chi connectivity index (χ0v) is 10.1. The summed E-state index contributed by atoms with van der Waals surface area (Å²) in [5, 5.41) is 0.814. The van der Waals surface area contributed by atoms with Crippen LogP contribution in [0.2, 0.25) is 0 Å². The van der Waals surface area contributed by atoms with Crippen molar-refractivity contribution in [1.29, 1.82) is 0 Å². The van der Waals surface area contributed by atoms with E-state index in [0.29, 0.717) is 0 Å². The number of hydrogen-bond donors (Lipinski definition) is 1. The highest BCUT2D eigenvalue weighted by Gasteiger charge is 2.07. The smallest absolute Gasteiger partial charge is 0.192 e. The molecule has 1 aromatic carbocycles. The molecule has 2 heteroatoms. The summed E-state index contributed by atoms with van der Waals surface area (Å²) in [4.78, 5) is 15.4. The lowest BCUT2D eigenvalue weighted by Gasteiger charge is -2.08. The number of para-hydroxylation sites is 1. The number of H-pyrrole nitrogens is 1. The molecular formula is C14H17NO. The zero-order chi connectivity index (χ0) is 11.7. The number of aromatic amines is 1. The predicted octanol–water partition coefficient (Wildman–Crippen LogP) is 3.10. The van der Waals surface area contributed by atoms with Gasteiger partial charge in [0.15, 0.2) is 5.43 Å². The average Bonchev–Trinajstić information content (AvgIpc) is 2.28. The molecule has 2 nitrogen and oxygen atoms in total. The summed E-state index contributed by atoms with van der Waals surface area (Å²) >= 11 is 0. The van der Waals surface area contributed by atoms with E-state index in [4.69, 9.17) is 0 Å². The fourth-order valence-electron chi connectivity index (χ4n) is 2.07. The van der Waals surface area contributed by atoms with Crippen LogP contribution in [-0.4, -0.2) is 4.98 Å². The van der Waals surface area contributed by atoms with Gasteiger partial charge in [-0.05, 0) is 31.9 Å². The van der Waals surface area contributed by atoms with Crippen molar-refractivity contribution in [2.75, 3.05) is 0 Å². The van der Waals surface area contributed by atoms with Gasteiger partial charge in [0.1, 0.15) is 0 Å². The van der Waals surface area contributed by atoms with Gasteiger partial charge in [-0.25, -0.2) is 0 Å². The van der Waals surface area contributed by atoms with E-state index in [1.54, 1.807) is 0 Å². The van der Waals surface area contributed by atoms with E-state index >= 15 is 0 Å². The molecule has 0 amide bonds. The van der Waals surface area contributed by atoms with Crippen molar-refractivity contribution in [1.82, 2.24) is 4.98 Å². The van der Waals surface area contributed by atoms with Gasteiger partial charge in [0, 0.05) is 16.6 Å². The first-order valence-corrected chi connectivity index (χ1v) is 5.76. The molecule has 1 heterocycles. The fourth-order valence-corrected chi connectivity index (χ4v) is 2.07. The normalized spacial score (nSPS) is 10.9. The second-order valence-electron chi connectivity index (χ2n) is 4.29. The maximum absolute atomic E-state index is 12.1. The summed E-state index contributed by atoms with van der Waals surface area (Å²) in [6, 6.07) is 5.97. The summed E-state index contributed by atoms with van der Waals surface area (Å²) in [6.07, 6.45) is 2.10. The van der Waals surface area contributed by atoms with E-state index in [0.717, 1.165) is 35.0 Å². The number of fused-ring (bicyclic) bond motifs is 1. The van der Waals surface area contributed by atoms with Crippen LogP contribution in [0.3, 0.4) is 0 Å². The Balaban J connectivity index is 2.84. The predicted molar refractivity (Wildman–Crippen MR) is 68.0 cm³/mol. The Morgan fingerprint density at radius 1 is 1.25 bits per heavy atom. The Kier molecular flexibility index (Phi) is 2.82. The van der Waals surface area contributed by atoms with E-state index < -0.39 is 0 Å². The van der Waals surface area contributed by atoms with Crippen LogP contribution in [0, 0.1) is 13.8 Å². The van der Waals surface area contributed by atoms with Crippen LogP contribution < -0.4 is 5.43 Å². The molecule has 0 spiro atoms. The fraction of sp³-hybridized carbons (Fsp3) is 0.357. The summed E-state index contributed by atoms with van der Waals surface area (Å²) < 4.78 is 0.